The van der Waals surface area contributed by atoms with Crippen molar-refractivity contribution in [1.82, 2.24) is 14.8 Å². The second kappa shape index (κ2) is 4.51. The minimum absolute atomic E-state index is 0.274. The highest BCUT2D eigenvalue weighted by molar-refractivity contribution is 9.10. The summed E-state index contributed by atoms with van der Waals surface area (Å²) in [4.78, 5) is 4.12. The zero-order valence-corrected chi connectivity index (χ0v) is 10.6. The molecule has 1 aromatic heterocycles. The number of rotatable bonds is 2. The molecule has 0 saturated heterocycles. The van der Waals surface area contributed by atoms with Crippen LogP contribution >= 0.6 is 39.1 Å². The molecule has 3 nitrogen and oxygen atoms in total. The number of hydrogen-bond donors (Lipinski definition) is 0. The van der Waals surface area contributed by atoms with Crippen LogP contribution in [-0.2, 0) is 5.88 Å². The Bertz CT molecular complexity index is 484. The van der Waals surface area contributed by atoms with Gasteiger partial charge in [0.2, 0.25) is 0 Å². The molecule has 0 atom stereocenters. The van der Waals surface area contributed by atoms with E-state index >= 15 is 0 Å². The number of hydrogen-bond acceptors (Lipinski definition) is 2. The van der Waals surface area contributed by atoms with Crippen LogP contribution in [0.25, 0.3) is 5.69 Å². The van der Waals surface area contributed by atoms with E-state index in [-0.39, 0.29) is 5.88 Å². The smallest absolute Gasteiger partial charge is 0.200 e. The van der Waals surface area contributed by atoms with E-state index in [1.54, 1.807) is 10.7 Å². The lowest BCUT2D eigenvalue weighted by molar-refractivity contribution is 0.842. The normalized spacial score (nSPS) is 10.6. The molecule has 78 valence electrons. The molecule has 1 heterocycles. The van der Waals surface area contributed by atoms with Gasteiger partial charge in [-0.25, -0.2) is 9.67 Å². The maximum atomic E-state index is 6.04. The molecular formula is C9H6BrCl2N3. The maximum absolute atomic E-state index is 6.04. The van der Waals surface area contributed by atoms with E-state index in [2.05, 4.69) is 26.0 Å². The standard InChI is InChI=1S/C9H6BrCl2N3/c10-9-13-8(5-11)14-15(9)7-4-2-1-3-6(7)12/h1-4H,5H2. The Labute approximate surface area is 105 Å². The lowest BCUT2D eigenvalue weighted by atomic mass is 10.3. The van der Waals surface area contributed by atoms with Gasteiger partial charge in [-0.3, -0.25) is 0 Å². The van der Waals surface area contributed by atoms with Crippen molar-refractivity contribution in [2.45, 2.75) is 5.88 Å². The largest absolute Gasteiger partial charge is 0.206 e. The number of alkyl halides is 1. The Kier molecular flexibility index (Phi) is 3.29. The van der Waals surface area contributed by atoms with Crippen molar-refractivity contribution in [2.75, 3.05) is 0 Å². The summed E-state index contributed by atoms with van der Waals surface area (Å²) >= 11 is 15.0. The minimum Gasteiger partial charge on any atom is -0.206 e. The van der Waals surface area contributed by atoms with Gasteiger partial charge in [-0.1, -0.05) is 23.7 Å². The Hall–Kier alpha value is -0.580. The fourth-order valence-corrected chi connectivity index (χ4v) is 1.97. The Morgan fingerprint density at radius 1 is 1.33 bits per heavy atom. The lowest BCUT2D eigenvalue weighted by Gasteiger charge is -2.03. The van der Waals surface area contributed by atoms with Crippen LogP contribution in [0.5, 0.6) is 0 Å². The second-order valence-corrected chi connectivity index (χ2v) is 4.18. The molecule has 15 heavy (non-hydrogen) atoms. The molecule has 0 bridgehead atoms. The number of nitrogens with zero attached hydrogens (tertiary/aromatic N) is 3. The molecule has 2 aromatic rings. The predicted octanol–water partition coefficient (Wildman–Crippen LogP) is 3.42. The summed E-state index contributed by atoms with van der Waals surface area (Å²) in [6, 6.07) is 7.40. The fourth-order valence-electron chi connectivity index (χ4n) is 1.17. The van der Waals surface area contributed by atoms with Crippen LogP contribution in [0.15, 0.2) is 29.0 Å². The summed E-state index contributed by atoms with van der Waals surface area (Å²) < 4.78 is 2.20. The first-order chi connectivity index (χ1) is 7.22. The van der Waals surface area contributed by atoms with Crippen molar-refractivity contribution in [3.63, 3.8) is 0 Å². The Morgan fingerprint density at radius 2 is 2.07 bits per heavy atom. The third-order valence-corrected chi connectivity index (χ3v) is 2.88. The molecule has 0 amide bonds. The van der Waals surface area contributed by atoms with Gasteiger partial charge in [-0.2, -0.15) is 0 Å². The van der Waals surface area contributed by atoms with E-state index in [1.807, 2.05) is 18.2 Å². The second-order valence-electron chi connectivity index (χ2n) is 2.79. The first kappa shape index (κ1) is 10.9. The summed E-state index contributed by atoms with van der Waals surface area (Å²) in [6.45, 7) is 0. The van der Waals surface area contributed by atoms with Crippen LogP contribution < -0.4 is 0 Å². The summed E-state index contributed by atoms with van der Waals surface area (Å²) in [6.07, 6.45) is 0. The maximum Gasteiger partial charge on any atom is 0.200 e. The van der Waals surface area contributed by atoms with Gasteiger partial charge in [-0.05, 0) is 28.1 Å². The van der Waals surface area contributed by atoms with Crippen molar-refractivity contribution in [1.29, 1.82) is 0 Å². The molecular weight excluding hydrogens is 301 g/mol. The van der Waals surface area contributed by atoms with Crippen LogP contribution in [-0.4, -0.2) is 14.8 Å². The molecule has 2 rings (SSSR count). The van der Waals surface area contributed by atoms with Crippen molar-refractivity contribution in [2.24, 2.45) is 0 Å². The van der Waals surface area contributed by atoms with E-state index in [0.717, 1.165) is 5.69 Å². The SMILES string of the molecule is ClCc1nc(Br)n(-c2ccccc2Cl)n1. The van der Waals surface area contributed by atoms with Gasteiger partial charge in [0.1, 0.15) is 0 Å². The molecule has 0 radical (unpaired) electrons. The molecule has 0 spiro atoms. The molecule has 0 N–H and O–H groups in total. The fraction of sp³-hybridized carbons (Fsp3) is 0.111. The number of para-hydroxylation sites is 1. The van der Waals surface area contributed by atoms with Crippen molar-refractivity contribution >= 4 is 39.1 Å². The molecule has 0 unspecified atom stereocenters. The van der Waals surface area contributed by atoms with Crippen molar-refractivity contribution in [3.05, 3.63) is 39.8 Å². The van der Waals surface area contributed by atoms with Crippen molar-refractivity contribution < 1.29 is 0 Å². The highest BCUT2D eigenvalue weighted by Gasteiger charge is 2.10. The zero-order valence-electron chi connectivity index (χ0n) is 7.49. The highest BCUT2D eigenvalue weighted by atomic mass is 79.9. The topological polar surface area (TPSA) is 30.7 Å². The first-order valence-electron chi connectivity index (χ1n) is 4.14. The molecule has 0 fully saturated rings. The van der Waals surface area contributed by atoms with Crippen LogP contribution in [0, 0.1) is 0 Å². The highest BCUT2D eigenvalue weighted by Crippen LogP contribution is 2.22. The lowest BCUT2D eigenvalue weighted by Crippen LogP contribution is -1.98. The van der Waals surface area contributed by atoms with Crippen LogP contribution in [0.4, 0.5) is 0 Å². The molecule has 0 aliphatic carbocycles. The summed E-state index contributed by atoms with van der Waals surface area (Å²) in [5.41, 5.74) is 0.773. The quantitative estimate of drug-likeness (QED) is 0.796. The number of benzene rings is 1. The summed E-state index contributed by atoms with van der Waals surface area (Å²) in [7, 11) is 0. The van der Waals surface area contributed by atoms with Crippen molar-refractivity contribution in [3.8, 4) is 5.69 Å². The molecule has 0 aliphatic rings. The van der Waals surface area contributed by atoms with E-state index in [9.17, 15) is 0 Å². The van der Waals surface area contributed by atoms with E-state index in [1.165, 1.54) is 0 Å². The monoisotopic (exact) mass is 305 g/mol. The average molecular weight is 307 g/mol. The van der Waals surface area contributed by atoms with Gasteiger partial charge in [0.25, 0.3) is 0 Å². The predicted molar refractivity (Wildman–Crippen MR) is 63.6 cm³/mol. The van der Waals surface area contributed by atoms with E-state index < -0.39 is 0 Å². The summed E-state index contributed by atoms with van der Waals surface area (Å²) in [5.74, 6) is 0.833. The summed E-state index contributed by atoms with van der Waals surface area (Å²) in [5, 5.41) is 4.82. The third-order valence-electron chi connectivity index (χ3n) is 1.81. The van der Waals surface area contributed by atoms with Gasteiger partial charge in [0.15, 0.2) is 10.6 Å². The van der Waals surface area contributed by atoms with Crippen LogP contribution in [0.1, 0.15) is 5.82 Å². The van der Waals surface area contributed by atoms with Gasteiger partial charge < -0.3 is 0 Å². The minimum atomic E-state index is 0.274. The Morgan fingerprint density at radius 3 is 2.67 bits per heavy atom. The van der Waals surface area contributed by atoms with Gasteiger partial charge >= 0.3 is 0 Å². The third kappa shape index (κ3) is 2.17. The zero-order chi connectivity index (χ0) is 10.8. The molecule has 6 heteroatoms. The van der Waals surface area contributed by atoms with E-state index in [0.29, 0.717) is 15.6 Å². The van der Waals surface area contributed by atoms with Crippen LogP contribution in [0.2, 0.25) is 5.02 Å². The molecule has 1 aromatic carbocycles. The van der Waals surface area contributed by atoms with Gasteiger partial charge in [0, 0.05) is 0 Å². The number of aromatic nitrogens is 3. The average Bonchev–Trinajstić information content (AvgIpc) is 2.60. The first-order valence-corrected chi connectivity index (χ1v) is 5.85. The Balaban J connectivity index is 2.54. The van der Waals surface area contributed by atoms with Gasteiger partial charge in [-0.15, -0.1) is 16.7 Å². The molecule has 0 aliphatic heterocycles. The van der Waals surface area contributed by atoms with Gasteiger partial charge in [0.05, 0.1) is 16.6 Å². The van der Waals surface area contributed by atoms with Crippen LogP contribution in [0.3, 0.4) is 0 Å². The molecule has 0 saturated carbocycles. The number of halogens is 3. The van der Waals surface area contributed by atoms with E-state index in [4.69, 9.17) is 23.2 Å².